The third kappa shape index (κ3) is 9.77. The standard InChI is InChI=1S/C40H48N6O6/c1-40(2,3)52-38(47)43(4)20-21-45(19-12-18-44-22-25-49-26-23-44)39(48)51-37-34(28-32-17-11-24-50-32)42-36-33(27-30-13-7-5-8-14-30)41-35(29-46(36)37)31-15-9-6-10-16-31/h5-11,13-17,24,29H,12,18-23,25-28H2,1-4H3. The van der Waals surface area contributed by atoms with Crippen LogP contribution in [0.2, 0.25) is 0 Å². The normalized spacial score (nSPS) is 13.6. The van der Waals surface area contributed by atoms with Crippen LogP contribution in [0.25, 0.3) is 16.9 Å². The maximum atomic E-state index is 14.3. The molecule has 0 bridgehead atoms. The SMILES string of the molecule is CN(CCN(CCCN1CCOCC1)C(=O)Oc1c(Cc2ccco2)nc2c(Cc3ccccc3)nc(-c3ccccc3)cn12)C(=O)OC(C)(C)C. The minimum Gasteiger partial charge on any atom is -0.469 e. The van der Waals surface area contributed by atoms with E-state index in [9.17, 15) is 9.59 Å². The number of carbonyl (C=O) groups excluding carboxylic acids is 2. The van der Waals surface area contributed by atoms with Gasteiger partial charge in [-0.15, -0.1) is 0 Å². The van der Waals surface area contributed by atoms with Crippen LogP contribution in [0.4, 0.5) is 9.59 Å². The van der Waals surface area contributed by atoms with Crippen molar-refractivity contribution in [1.29, 1.82) is 0 Å². The third-order valence-corrected chi connectivity index (χ3v) is 8.76. The maximum Gasteiger partial charge on any atom is 0.416 e. The highest BCUT2D eigenvalue weighted by atomic mass is 16.6. The minimum absolute atomic E-state index is 0.248. The lowest BCUT2D eigenvalue weighted by atomic mass is 10.1. The average Bonchev–Trinajstić information content (AvgIpc) is 3.78. The number of amides is 2. The van der Waals surface area contributed by atoms with Crippen LogP contribution in [-0.2, 0) is 22.3 Å². The van der Waals surface area contributed by atoms with E-state index in [1.165, 1.54) is 4.90 Å². The number of imidazole rings is 1. The monoisotopic (exact) mass is 708 g/mol. The van der Waals surface area contributed by atoms with Gasteiger partial charge < -0.3 is 28.4 Å². The molecule has 0 saturated carbocycles. The molecule has 1 aliphatic rings. The summed E-state index contributed by atoms with van der Waals surface area (Å²) in [6, 6.07) is 23.7. The van der Waals surface area contributed by atoms with Gasteiger partial charge >= 0.3 is 12.2 Å². The van der Waals surface area contributed by atoms with Crippen molar-refractivity contribution >= 4 is 17.8 Å². The first kappa shape index (κ1) is 36.6. The van der Waals surface area contributed by atoms with E-state index in [1.807, 2.05) is 92.0 Å². The lowest BCUT2D eigenvalue weighted by Crippen LogP contribution is -2.44. The molecule has 3 aromatic heterocycles. The number of fused-ring (bicyclic) bond motifs is 1. The number of hydrogen-bond acceptors (Lipinski definition) is 9. The van der Waals surface area contributed by atoms with Crippen LogP contribution in [0.15, 0.2) is 89.7 Å². The Labute approximate surface area is 304 Å². The van der Waals surface area contributed by atoms with Crippen LogP contribution in [0, 0.1) is 0 Å². The molecule has 1 aliphatic heterocycles. The van der Waals surface area contributed by atoms with E-state index in [2.05, 4.69) is 17.0 Å². The Morgan fingerprint density at radius 1 is 0.846 bits per heavy atom. The van der Waals surface area contributed by atoms with Crippen LogP contribution >= 0.6 is 0 Å². The highest BCUT2D eigenvalue weighted by Crippen LogP contribution is 2.30. The zero-order valence-corrected chi connectivity index (χ0v) is 30.5. The highest BCUT2D eigenvalue weighted by molar-refractivity contribution is 5.72. The number of aromatic nitrogens is 3. The molecule has 0 aliphatic carbocycles. The molecule has 12 nitrogen and oxygen atoms in total. The van der Waals surface area contributed by atoms with Gasteiger partial charge in [-0.2, -0.15) is 0 Å². The van der Waals surface area contributed by atoms with Gasteiger partial charge in [-0.3, -0.25) is 9.30 Å². The molecular weight excluding hydrogens is 660 g/mol. The number of rotatable bonds is 13. The molecule has 2 amide bonds. The van der Waals surface area contributed by atoms with Crippen LogP contribution < -0.4 is 4.74 Å². The zero-order chi connectivity index (χ0) is 36.5. The Kier molecular flexibility index (Phi) is 11.9. The van der Waals surface area contributed by atoms with Crippen molar-refractivity contribution in [2.45, 2.75) is 45.6 Å². The summed E-state index contributed by atoms with van der Waals surface area (Å²) in [4.78, 5) is 42.7. The topological polar surface area (TPSA) is 115 Å². The van der Waals surface area contributed by atoms with E-state index in [0.717, 1.165) is 48.6 Å². The molecule has 0 N–H and O–H groups in total. The van der Waals surface area contributed by atoms with Gasteiger partial charge in [0.2, 0.25) is 5.88 Å². The number of likely N-dealkylation sites (N-methyl/N-ethyl adjacent to an activating group) is 1. The predicted octanol–water partition coefficient (Wildman–Crippen LogP) is 6.56. The molecule has 0 atom stereocenters. The fraction of sp³-hybridized carbons (Fsp3) is 0.400. The summed E-state index contributed by atoms with van der Waals surface area (Å²) in [5.41, 5.74) is 3.98. The highest BCUT2D eigenvalue weighted by Gasteiger charge is 2.26. The Bertz CT molecular complexity index is 1900. The van der Waals surface area contributed by atoms with Crippen LogP contribution in [0.1, 0.15) is 49.9 Å². The fourth-order valence-corrected chi connectivity index (χ4v) is 6.05. The second kappa shape index (κ2) is 16.9. The molecular formula is C40H48N6O6. The molecule has 0 spiro atoms. The first-order valence-electron chi connectivity index (χ1n) is 17.9. The van der Waals surface area contributed by atoms with Crippen molar-refractivity contribution in [2.75, 3.05) is 59.5 Å². The van der Waals surface area contributed by atoms with E-state index in [1.54, 1.807) is 18.2 Å². The molecule has 4 heterocycles. The zero-order valence-electron chi connectivity index (χ0n) is 30.5. The van der Waals surface area contributed by atoms with Gasteiger partial charge in [0.1, 0.15) is 17.1 Å². The van der Waals surface area contributed by atoms with Gasteiger partial charge in [-0.1, -0.05) is 60.7 Å². The summed E-state index contributed by atoms with van der Waals surface area (Å²) in [5, 5.41) is 0. The summed E-state index contributed by atoms with van der Waals surface area (Å²) in [6.07, 6.45) is 4.06. The molecule has 12 heteroatoms. The van der Waals surface area contributed by atoms with E-state index in [-0.39, 0.29) is 13.1 Å². The van der Waals surface area contributed by atoms with Gasteiger partial charge in [-0.25, -0.2) is 19.6 Å². The van der Waals surface area contributed by atoms with Gasteiger partial charge in [0, 0.05) is 64.5 Å². The summed E-state index contributed by atoms with van der Waals surface area (Å²) < 4.78 is 25.0. The third-order valence-electron chi connectivity index (χ3n) is 8.76. The Balaban J connectivity index is 1.34. The number of hydrogen-bond donors (Lipinski definition) is 0. The van der Waals surface area contributed by atoms with Crippen molar-refractivity contribution in [1.82, 2.24) is 29.1 Å². The lowest BCUT2D eigenvalue weighted by Gasteiger charge is -2.29. The molecule has 2 aromatic carbocycles. The first-order valence-corrected chi connectivity index (χ1v) is 17.9. The number of nitrogens with zero attached hydrogens (tertiary/aromatic N) is 6. The maximum absolute atomic E-state index is 14.3. The van der Waals surface area contributed by atoms with E-state index < -0.39 is 17.8 Å². The molecule has 0 unspecified atom stereocenters. The predicted molar refractivity (Wildman–Crippen MR) is 198 cm³/mol. The molecule has 0 radical (unpaired) electrons. The quantitative estimate of drug-likeness (QED) is 0.134. The largest absolute Gasteiger partial charge is 0.469 e. The first-order chi connectivity index (χ1) is 25.1. The summed E-state index contributed by atoms with van der Waals surface area (Å²) in [6.45, 7) is 10.3. The summed E-state index contributed by atoms with van der Waals surface area (Å²) >= 11 is 0. The lowest BCUT2D eigenvalue weighted by molar-refractivity contribution is 0.0278. The second-order valence-electron chi connectivity index (χ2n) is 14.0. The second-order valence-corrected chi connectivity index (χ2v) is 14.0. The van der Waals surface area contributed by atoms with Gasteiger partial charge in [0.25, 0.3) is 0 Å². The number of carbonyl (C=O) groups is 2. The van der Waals surface area contributed by atoms with Gasteiger partial charge in [0.15, 0.2) is 5.65 Å². The van der Waals surface area contributed by atoms with E-state index >= 15 is 0 Å². The van der Waals surface area contributed by atoms with E-state index in [4.69, 9.17) is 28.6 Å². The summed E-state index contributed by atoms with van der Waals surface area (Å²) in [5.74, 6) is 0.979. The Morgan fingerprint density at radius 2 is 1.58 bits per heavy atom. The number of benzene rings is 2. The van der Waals surface area contributed by atoms with Gasteiger partial charge in [-0.05, 0) is 44.9 Å². The number of ether oxygens (including phenoxy) is 3. The van der Waals surface area contributed by atoms with Crippen molar-refractivity contribution < 1.29 is 28.2 Å². The Hall–Kier alpha value is -5.20. The molecule has 274 valence electrons. The van der Waals surface area contributed by atoms with Crippen molar-refractivity contribution in [2.24, 2.45) is 0 Å². The molecule has 1 saturated heterocycles. The Morgan fingerprint density at radius 3 is 2.27 bits per heavy atom. The smallest absolute Gasteiger partial charge is 0.416 e. The fourth-order valence-electron chi connectivity index (χ4n) is 6.05. The van der Waals surface area contributed by atoms with Crippen LogP contribution in [-0.4, -0.2) is 106 Å². The summed E-state index contributed by atoms with van der Waals surface area (Å²) in [7, 11) is 1.67. The molecule has 1 fully saturated rings. The van der Waals surface area contributed by atoms with E-state index in [0.29, 0.717) is 55.6 Å². The minimum atomic E-state index is -0.637. The molecule has 6 rings (SSSR count). The van der Waals surface area contributed by atoms with Crippen LogP contribution in [0.5, 0.6) is 5.88 Å². The molecule has 5 aromatic rings. The number of furan rings is 1. The molecule has 52 heavy (non-hydrogen) atoms. The number of morpholine rings is 1. The van der Waals surface area contributed by atoms with Gasteiger partial charge in [0.05, 0.1) is 37.3 Å². The average molecular weight is 709 g/mol. The van der Waals surface area contributed by atoms with Crippen molar-refractivity contribution in [3.8, 4) is 17.1 Å². The van der Waals surface area contributed by atoms with Crippen molar-refractivity contribution in [3.05, 3.63) is 108 Å². The van der Waals surface area contributed by atoms with Crippen LogP contribution in [0.3, 0.4) is 0 Å². The van der Waals surface area contributed by atoms with Crippen molar-refractivity contribution in [3.63, 3.8) is 0 Å².